The van der Waals surface area contributed by atoms with E-state index in [-0.39, 0.29) is 4.72 Å². The molecule has 0 spiro atoms. The Morgan fingerprint density at radius 1 is 0.372 bits per heavy atom. The Morgan fingerprint density at radius 2 is 0.558 bits per heavy atom. The van der Waals surface area contributed by atoms with E-state index in [9.17, 15) is 118 Å². The fourth-order valence-electron chi connectivity index (χ4n) is 2.39. The molecule has 43 heavy (non-hydrogen) atoms. The molecular formula is C14H6F25NO2S. The third kappa shape index (κ3) is 4.82. The van der Waals surface area contributed by atoms with Crippen molar-refractivity contribution in [2.24, 2.45) is 0 Å². The molecule has 0 amide bonds. The number of hydrogen-bond donors (Lipinski definition) is 1. The molecule has 260 valence electrons. The number of nitrogens with one attached hydrogen (secondary N) is 1. The fraction of sp³-hybridized carbons (Fsp3) is 1.00. The molecule has 0 unspecified atom stereocenters. The maximum absolute atomic E-state index is 13.7. The monoisotopic (exact) mass is 727 g/mol. The lowest BCUT2D eigenvalue weighted by Crippen LogP contribution is -2.78. The normalized spacial score (nSPS) is 17.0. The zero-order chi connectivity index (χ0) is 35.9. The van der Waals surface area contributed by atoms with Crippen molar-refractivity contribution in [1.82, 2.24) is 4.72 Å². The molecule has 0 saturated heterocycles. The van der Waals surface area contributed by atoms with Gasteiger partial charge in [0.2, 0.25) is 0 Å². The lowest BCUT2D eigenvalue weighted by Gasteiger charge is -2.45. The quantitative estimate of drug-likeness (QED) is 0.201. The Labute approximate surface area is 218 Å². The first kappa shape index (κ1) is 41.2. The molecule has 0 aromatic rings. The number of hydrogen-bond acceptors (Lipinski definition) is 2. The van der Waals surface area contributed by atoms with Crippen molar-refractivity contribution in [2.75, 3.05) is 6.54 Å². The van der Waals surface area contributed by atoms with E-state index in [1.54, 1.807) is 0 Å². The van der Waals surface area contributed by atoms with Crippen LogP contribution in [-0.4, -0.2) is 85.6 Å². The maximum atomic E-state index is 13.7. The highest BCUT2D eigenvalue weighted by Crippen LogP contribution is 2.67. The van der Waals surface area contributed by atoms with Gasteiger partial charge < -0.3 is 0 Å². The van der Waals surface area contributed by atoms with Crippen molar-refractivity contribution in [3.63, 3.8) is 0 Å². The molecule has 0 aliphatic heterocycles. The SMILES string of the molecule is CCNS(=O)(=O)C(F)(F)C(F)(F)C(F)(F)C(F)(F)C(F)(F)C(F)(F)C(F)(F)C(F)(F)C(F)(F)C(F)(F)C(F)(F)C(F)(F)F. The summed E-state index contributed by atoms with van der Waals surface area (Å²) in [6.45, 7) is -1.21. The Balaban J connectivity index is 7.46. The van der Waals surface area contributed by atoms with E-state index < -0.39 is 87.2 Å². The van der Waals surface area contributed by atoms with E-state index in [1.807, 2.05) is 0 Å². The molecule has 0 bridgehead atoms. The van der Waals surface area contributed by atoms with Crippen LogP contribution in [0.2, 0.25) is 0 Å². The number of rotatable bonds is 13. The van der Waals surface area contributed by atoms with Gasteiger partial charge in [-0.25, -0.2) is 13.1 Å². The van der Waals surface area contributed by atoms with Crippen LogP contribution in [0.25, 0.3) is 0 Å². The summed E-state index contributed by atoms with van der Waals surface area (Å²) in [6.07, 6.45) is -8.21. The van der Waals surface area contributed by atoms with E-state index in [1.165, 1.54) is 0 Å². The average Bonchev–Trinajstić information content (AvgIpc) is 2.76. The molecule has 0 atom stereocenters. The first-order valence-corrected chi connectivity index (χ1v) is 10.8. The molecule has 0 heterocycles. The highest BCUT2D eigenvalue weighted by atomic mass is 32.2. The Hall–Kier alpha value is -1.84. The third-order valence-corrected chi connectivity index (χ3v) is 6.54. The van der Waals surface area contributed by atoms with Crippen LogP contribution in [0.5, 0.6) is 0 Å². The van der Waals surface area contributed by atoms with Crippen molar-refractivity contribution >= 4 is 10.0 Å². The minimum absolute atomic E-state index is 0.172. The molecule has 0 aliphatic rings. The van der Waals surface area contributed by atoms with Crippen LogP contribution >= 0.6 is 0 Å². The summed E-state index contributed by atoms with van der Waals surface area (Å²) in [5.41, 5.74) is 0. The van der Waals surface area contributed by atoms with E-state index in [2.05, 4.69) is 0 Å². The van der Waals surface area contributed by atoms with Crippen molar-refractivity contribution in [2.45, 2.75) is 77.6 Å². The van der Waals surface area contributed by atoms with Crippen LogP contribution in [-0.2, 0) is 10.0 Å². The highest BCUT2D eigenvalue weighted by molar-refractivity contribution is 7.90. The molecule has 0 aliphatic carbocycles. The van der Waals surface area contributed by atoms with Gasteiger partial charge in [0.1, 0.15) is 0 Å². The second-order valence-corrected chi connectivity index (χ2v) is 9.57. The fourth-order valence-corrected chi connectivity index (χ4v) is 3.41. The highest BCUT2D eigenvalue weighted by Gasteiger charge is 3.00. The van der Waals surface area contributed by atoms with Gasteiger partial charge in [0.05, 0.1) is 0 Å². The minimum Gasteiger partial charge on any atom is -0.210 e. The first-order chi connectivity index (χ1) is 18.1. The summed E-state index contributed by atoms with van der Waals surface area (Å²) in [7, 11) is -7.50. The summed E-state index contributed by atoms with van der Waals surface area (Å²) >= 11 is 0. The lowest BCUT2D eigenvalue weighted by molar-refractivity contribution is -0.480. The van der Waals surface area contributed by atoms with Gasteiger partial charge in [-0.2, -0.15) is 110 Å². The molecule has 0 rings (SSSR count). The first-order valence-electron chi connectivity index (χ1n) is 9.28. The van der Waals surface area contributed by atoms with Crippen LogP contribution < -0.4 is 4.72 Å². The molecule has 0 radical (unpaired) electrons. The van der Waals surface area contributed by atoms with E-state index in [4.69, 9.17) is 0 Å². The lowest BCUT2D eigenvalue weighted by atomic mass is 9.85. The van der Waals surface area contributed by atoms with Crippen LogP contribution in [0.15, 0.2) is 0 Å². The Bertz CT molecular complexity index is 1140. The largest absolute Gasteiger partial charge is 0.460 e. The van der Waals surface area contributed by atoms with Gasteiger partial charge in [0.15, 0.2) is 0 Å². The molecule has 0 aromatic heterocycles. The van der Waals surface area contributed by atoms with Gasteiger partial charge in [-0.05, 0) is 0 Å². The molecule has 1 N–H and O–H groups in total. The molecular weight excluding hydrogens is 721 g/mol. The van der Waals surface area contributed by atoms with Gasteiger partial charge in [-0.15, -0.1) is 0 Å². The third-order valence-electron chi connectivity index (χ3n) is 4.94. The summed E-state index contributed by atoms with van der Waals surface area (Å²) in [4.78, 5) is 0. The molecule has 0 aromatic carbocycles. The molecule has 3 nitrogen and oxygen atoms in total. The van der Waals surface area contributed by atoms with Crippen molar-refractivity contribution < 1.29 is 118 Å². The Kier molecular flexibility index (Phi) is 9.65. The van der Waals surface area contributed by atoms with Crippen LogP contribution in [0.4, 0.5) is 110 Å². The van der Waals surface area contributed by atoms with Gasteiger partial charge in [0.25, 0.3) is 10.0 Å². The predicted molar refractivity (Wildman–Crippen MR) is 83.1 cm³/mol. The number of alkyl halides is 25. The average molecular weight is 727 g/mol. The second-order valence-electron chi connectivity index (χ2n) is 7.76. The number of halogens is 25. The number of sulfonamides is 1. The van der Waals surface area contributed by atoms with Crippen LogP contribution in [0.1, 0.15) is 6.92 Å². The van der Waals surface area contributed by atoms with E-state index in [0.717, 1.165) is 0 Å². The van der Waals surface area contributed by atoms with Crippen molar-refractivity contribution in [3.8, 4) is 0 Å². The van der Waals surface area contributed by atoms with Gasteiger partial charge in [-0.3, -0.25) is 0 Å². The van der Waals surface area contributed by atoms with E-state index >= 15 is 0 Å². The van der Waals surface area contributed by atoms with Crippen molar-refractivity contribution in [1.29, 1.82) is 0 Å². The molecule has 0 fully saturated rings. The summed E-state index contributed by atoms with van der Waals surface area (Å²) in [5.74, 6) is -93.3. The summed E-state index contributed by atoms with van der Waals surface area (Å²) < 4.78 is 354. The molecule has 29 heteroatoms. The maximum Gasteiger partial charge on any atom is 0.460 e. The summed E-state index contributed by atoms with van der Waals surface area (Å²) in [6, 6.07) is 0. The second kappa shape index (κ2) is 10.1. The molecule has 0 saturated carbocycles. The summed E-state index contributed by atoms with van der Waals surface area (Å²) in [5, 5.41) is -7.88. The Morgan fingerprint density at radius 3 is 0.744 bits per heavy atom. The zero-order valence-corrected chi connectivity index (χ0v) is 19.7. The van der Waals surface area contributed by atoms with Gasteiger partial charge >= 0.3 is 70.7 Å². The standard InChI is InChI=1S/C14H6F25NO2S/c1-2-40-43(41,42)14(38,39)12(33,34)10(29,30)8(25,26)6(21,22)4(17,18)3(15,16)5(19,20)7(23,24)9(27,28)11(31,32)13(35,36)37/h40H,2H2,1H3. The zero-order valence-electron chi connectivity index (χ0n) is 18.9. The minimum atomic E-state index is -9.71. The van der Waals surface area contributed by atoms with E-state index in [0.29, 0.717) is 6.92 Å². The van der Waals surface area contributed by atoms with Crippen molar-refractivity contribution in [3.05, 3.63) is 0 Å². The van der Waals surface area contributed by atoms with Gasteiger partial charge in [-0.1, -0.05) is 6.92 Å². The predicted octanol–water partition coefficient (Wildman–Crippen LogP) is 7.43. The van der Waals surface area contributed by atoms with Crippen LogP contribution in [0, 0.1) is 0 Å². The van der Waals surface area contributed by atoms with Gasteiger partial charge in [0, 0.05) is 6.54 Å². The topological polar surface area (TPSA) is 46.2 Å². The van der Waals surface area contributed by atoms with Crippen LogP contribution in [0.3, 0.4) is 0 Å². The smallest absolute Gasteiger partial charge is 0.210 e.